The molecule has 0 aromatic rings. The van der Waals surface area contributed by atoms with Gasteiger partial charge in [0.15, 0.2) is 0 Å². The number of hydrogen-bond donors (Lipinski definition) is 2. The zero-order valence-corrected chi connectivity index (χ0v) is 14.7. The Morgan fingerprint density at radius 3 is 1.94 bits per heavy atom. The topological polar surface area (TPSA) is 74.6 Å². The van der Waals surface area contributed by atoms with Crippen LogP contribution in [0.1, 0.15) is 42.4 Å². The molecule has 86 valence electrons. The van der Waals surface area contributed by atoms with Crippen molar-refractivity contribution in [3.8, 4) is 0 Å². The molecule has 0 amide bonds. The van der Waals surface area contributed by atoms with Gasteiger partial charge in [0.1, 0.15) is 0 Å². The van der Waals surface area contributed by atoms with Gasteiger partial charge in [0.05, 0.1) is 11.8 Å². The smallest absolute Gasteiger partial charge is 1.00 e. The molecule has 0 saturated carbocycles. The number of carbonyl (C=O) groups is 2. The second-order valence-electron chi connectivity index (χ2n) is 3.57. The predicted molar refractivity (Wildman–Crippen MR) is 54.3 cm³/mol. The van der Waals surface area contributed by atoms with Crippen molar-refractivity contribution in [2.45, 2.75) is 39.5 Å². The second-order valence-corrected chi connectivity index (χ2v) is 3.57. The van der Waals surface area contributed by atoms with E-state index in [4.69, 9.17) is 10.2 Å². The number of carboxylic acid groups (broad SMARTS) is 2. The van der Waals surface area contributed by atoms with Gasteiger partial charge in [0.2, 0.25) is 0 Å². The maximum atomic E-state index is 10.8. The molecule has 0 heterocycles. The molecule has 2 atom stereocenters. The van der Waals surface area contributed by atoms with Gasteiger partial charge in [0.25, 0.3) is 0 Å². The van der Waals surface area contributed by atoms with Gasteiger partial charge in [0, 0.05) is 0 Å². The Morgan fingerprint density at radius 2 is 1.62 bits per heavy atom. The Kier molecular flexibility index (Phi) is 17.2. The van der Waals surface area contributed by atoms with E-state index in [2.05, 4.69) is 0 Å². The van der Waals surface area contributed by atoms with Crippen molar-refractivity contribution in [1.29, 1.82) is 0 Å². The fraction of sp³-hybridized carbons (Fsp3) is 0.800. The van der Waals surface area contributed by atoms with Gasteiger partial charge in [-0.05, 0) is 6.42 Å². The summed E-state index contributed by atoms with van der Waals surface area (Å²) in [6, 6.07) is 0. The van der Waals surface area contributed by atoms with Crippen molar-refractivity contribution < 1.29 is 81.8 Å². The van der Waals surface area contributed by atoms with Crippen molar-refractivity contribution in [1.82, 2.24) is 0 Å². The van der Waals surface area contributed by atoms with E-state index in [0.717, 1.165) is 19.3 Å². The summed E-state index contributed by atoms with van der Waals surface area (Å²) in [6.45, 7) is 3.48. The van der Waals surface area contributed by atoms with Gasteiger partial charge in [-0.15, -0.1) is 0 Å². The Morgan fingerprint density at radius 1 is 1.12 bits per heavy atom. The van der Waals surface area contributed by atoms with Gasteiger partial charge < -0.3 is 13.1 Å². The first-order valence-electron chi connectivity index (χ1n) is 4.96. The van der Waals surface area contributed by atoms with Gasteiger partial charge in [-0.3, -0.25) is 9.59 Å². The van der Waals surface area contributed by atoms with E-state index in [1.807, 2.05) is 6.92 Å². The molecule has 2 unspecified atom stereocenters. The van der Waals surface area contributed by atoms with Crippen LogP contribution in [-0.4, -0.2) is 22.2 Å². The molecular weight excluding hydrogens is 230 g/mol. The van der Waals surface area contributed by atoms with E-state index in [1.54, 1.807) is 0 Å². The molecule has 0 rings (SSSR count). The largest absolute Gasteiger partial charge is 1.00 e. The Hall–Kier alpha value is 0.940. The summed E-state index contributed by atoms with van der Waals surface area (Å²) in [7, 11) is 0. The van der Waals surface area contributed by atoms with Crippen LogP contribution in [0.25, 0.3) is 0 Å². The zero-order chi connectivity index (χ0) is 11.1. The maximum Gasteiger partial charge on any atom is 1.00 e. The molecule has 0 fully saturated rings. The third-order valence-corrected chi connectivity index (χ3v) is 2.43. The number of aliphatic carboxylic acids is 2. The average molecular weight is 250 g/mol. The molecule has 0 spiro atoms. The van der Waals surface area contributed by atoms with Crippen LogP contribution >= 0.6 is 0 Å². The minimum absolute atomic E-state index is 0. The number of hydrogen-bond acceptors (Lipinski definition) is 2. The van der Waals surface area contributed by atoms with E-state index in [9.17, 15) is 9.59 Å². The van der Waals surface area contributed by atoms with Crippen LogP contribution < -0.4 is 59.1 Å². The number of rotatable bonds is 7. The molecule has 16 heavy (non-hydrogen) atoms. The molecule has 0 saturated heterocycles. The molecule has 0 radical (unpaired) electrons. The van der Waals surface area contributed by atoms with Crippen molar-refractivity contribution >= 4 is 11.9 Å². The van der Waals surface area contributed by atoms with Gasteiger partial charge in [-0.2, -0.15) is 0 Å². The van der Waals surface area contributed by atoms with E-state index >= 15 is 0 Å². The van der Waals surface area contributed by atoms with Gasteiger partial charge >= 0.3 is 71.1 Å². The first-order valence-corrected chi connectivity index (χ1v) is 4.96. The monoisotopic (exact) mass is 250 g/mol. The molecule has 4 nitrogen and oxygen atoms in total. The van der Waals surface area contributed by atoms with Crippen LogP contribution in [0.4, 0.5) is 0 Å². The van der Waals surface area contributed by atoms with Crippen LogP contribution in [0.15, 0.2) is 0 Å². The van der Waals surface area contributed by atoms with Crippen molar-refractivity contribution in [3.05, 3.63) is 0 Å². The van der Waals surface area contributed by atoms with Crippen LogP contribution in [0.2, 0.25) is 0 Å². The number of unbranched alkanes of at least 4 members (excludes halogenated alkanes) is 2. The van der Waals surface area contributed by atoms with Crippen LogP contribution in [0.3, 0.4) is 0 Å². The Balaban J connectivity index is -0.000000141. The summed E-state index contributed by atoms with van der Waals surface area (Å²) in [6.07, 6.45) is 3.20. The summed E-state index contributed by atoms with van der Waals surface area (Å²) in [5, 5.41) is 17.5. The van der Waals surface area contributed by atoms with E-state index < -0.39 is 23.8 Å². The zero-order valence-electron chi connectivity index (χ0n) is 12.7. The standard InChI is InChI=1S/C10H18O4.2Na.2H/c1-3-4-5-6-8(10(13)14)7(2)9(11)12;;;;/h7-8H,3-6H2,1-2H3,(H,11,12)(H,13,14);;;;/q;2*+1;2*-1. The first-order chi connectivity index (χ1) is 6.50. The molecule has 0 aromatic heterocycles. The van der Waals surface area contributed by atoms with Gasteiger partial charge in [-0.25, -0.2) is 0 Å². The van der Waals surface area contributed by atoms with Gasteiger partial charge in [-0.1, -0.05) is 33.1 Å². The van der Waals surface area contributed by atoms with Crippen molar-refractivity contribution in [2.24, 2.45) is 11.8 Å². The fourth-order valence-corrected chi connectivity index (χ4v) is 1.37. The molecule has 0 aromatic carbocycles. The van der Waals surface area contributed by atoms with Crippen LogP contribution in [-0.2, 0) is 9.59 Å². The van der Waals surface area contributed by atoms with Crippen LogP contribution in [0.5, 0.6) is 0 Å². The quantitative estimate of drug-likeness (QED) is 0.359. The summed E-state index contributed by atoms with van der Waals surface area (Å²) < 4.78 is 0. The van der Waals surface area contributed by atoms with Crippen molar-refractivity contribution in [3.63, 3.8) is 0 Å². The van der Waals surface area contributed by atoms with E-state index in [-0.39, 0.29) is 62.0 Å². The number of carboxylic acids is 2. The molecule has 0 bridgehead atoms. The molecule has 0 aliphatic rings. The minimum Gasteiger partial charge on any atom is -1.00 e. The molecular formula is C10H20Na2O4. The SMILES string of the molecule is CCCCCC(C(=O)O)C(C)C(=O)O.[H-].[H-].[Na+].[Na+]. The molecule has 6 heteroatoms. The molecule has 0 aliphatic carbocycles. The average Bonchev–Trinajstić information content (AvgIpc) is 2.10. The molecule has 2 N–H and O–H groups in total. The minimum atomic E-state index is -1.03. The summed E-state index contributed by atoms with van der Waals surface area (Å²) >= 11 is 0. The normalized spacial score (nSPS) is 12.9. The summed E-state index contributed by atoms with van der Waals surface area (Å²) in [5.41, 5.74) is 0. The summed E-state index contributed by atoms with van der Waals surface area (Å²) in [5.74, 6) is -3.59. The Bertz CT molecular complexity index is 218. The third kappa shape index (κ3) is 9.02. The van der Waals surface area contributed by atoms with Crippen molar-refractivity contribution in [2.75, 3.05) is 0 Å². The first kappa shape index (κ1) is 22.1. The molecule has 0 aliphatic heterocycles. The third-order valence-electron chi connectivity index (χ3n) is 2.43. The predicted octanol–water partition coefficient (Wildman–Crippen LogP) is -3.78. The second kappa shape index (κ2) is 12.4. The fourth-order valence-electron chi connectivity index (χ4n) is 1.37. The van der Waals surface area contributed by atoms with Crippen LogP contribution in [0, 0.1) is 11.8 Å². The maximum absolute atomic E-state index is 10.8. The van der Waals surface area contributed by atoms with E-state index in [0.29, 0.717) is 6.42 Å². The summed E-state index contributed by atoms with van der Waals surface area (Å²) in [4.78, 5) is 21.4. The Labute approximate surface area is 144 Å². The van der Waals surface area contributed by atoms with E-state index in [1.165, 1.54) is 6.92 Å².